The zero-order valence-corrected chi connectivity index (χ0v) is 7.68. The van der Waals surface area contributed by atoms with Crippen molar-refractivity contribution in [2.75, 3.05) is 0 Å². The van der Waals surface area contributed by atoms with Gasteiger partial charge >= 0.3 is 0 Å². The average molecular weight is 166 g/mol. The first-order valence-electron chi connectivity index (χ1n) is 4.53. The van der Waals surface area contributed by atoms with Gasteiger partial charge in [0.25, 0.3) is 0 Å². The van der Waals surface area contributed by atoms with Gasteiger partial charge < -0.3 is 4.42 Å². The van der Waals surface area contributed by atoms with E-state index in [1.807, 2.05) is 13.1 Å². The van der Waals surface area contributed by atoms with E-state index in [0.717, 1.165) is 24.5 Å². The summed E-state index contributed by atoms with van der Waals surface area (Å²) in [6, 6.07) is 0. The molecule has 0 saturated heterocycles. The maximum absolute atomic E-state index is 5.34. The molecule has 0 fully saturated rings. The summed E-state index contributed by atoms with van der Waals surface area (Å²) < 4.78 is 5.34. The van der Waals surface area contributed by atoms with Crippen LogP contribution in [0, 0.1) is 13.8 Å². The SMILES string of the molecule is [CH2]CCCCCc1cnc(C)o1. The van der Waals surface area contributed by atoms with E-state index in [1.54, 1.807) is 0 Å². The highest BCUT2D eigenvalue weighted by Gasteiger charge is 1.98. The molecule has 0 atom stereocenters. The van der Waals surface area contributed by atoms with Crippen molar-refractivity contribution in [3.63, 3.8) is 0 Å². The number of hydrogen-bond acceptors (Lipinski definition) is 2. The van der Waals surface area contributed by atoms with E-state index in [-0.39, 0.29) is 0 Å². The molecule has 1 heterocycles. The first kappa shape index (κ1) is 9.30. The lowest BCUT2D eigenvalue weighted by atomic mass is 10.1. The maximum Gasteiger partial charge on any atom is 0.191 e. The van der Waals surface area contributed by atoms with Crippen LogP contribution in [0.3, 0.4) is 0 Å². The molecule has 1 aromatic heterocycles. The van der Waals surface area contributed by atoms with Crippen molar-refractivity contribution in [3.05, 3.63) is 24.8 Å². The number of aryl methyl sites for hydroxylation is 2. The van der Waals surface area contributed by atoms with E-state index in [9.17, 15) is 0 Å². The minimum absolute atomic E-state index is 0.766. The summed E-state index contributed by atoms with van der Waals surface area (Å²) in [7, 11) is 0. The second-order valence-electron chi connectivity index (χ2n) is 3.01. The van der Waals surface area contributed by atoms with E-state index < -0.39 is 0 Å². The van der Waals surface area contributed by atoms with E-state index in [4.69, 9.17) is 4.42 Å². The number of aromatic nitrogens is 1. The van der Waals surface area contributed by atoms with Gasteiger partial charge in [0.2, 0.25) is 0 Å². The molecule has 2 nitrogen and oxygen atoms in total. The molecule has 0 saturated carbocycles. The van der Waals surface area contributed by atoms with Crippen LogP contribution < -0.4 is 0 Å². The van der Waals surface area contributed by atoms with Crippen LogP contribution in [-0.4, -0.2) is 4.98 Å². The Balaban J connectivity index is 2.15. The van der Waals surface area contributed by atoms with Crippen molar-refractivity contribution in [2.45, 2.75) is 39.0 Å². The minimum atomic E-state index is 0.766. The van der Waals surface area contributed by atoms with Gasteiger partial charge in [-0.05, 0) is 6.42 Å². The molecule has 67 valence electrons. The number of hydrogen-bond donors (Lipinski definition) is 0. The van der Waals surface area contributed by atoms with E-state index >= 15 is 0 Å². The summed E-state index contributed by atoms with van der Waals surface area (Å²) in [5.41, 5.74) is 0. The van der Waals surface area contributed by atoms with Gasteiger partial charge in [0, 0.05) is 13.3 Å². The van der Waals surface area contributed by atoms with Gasteiger partial charge in [-0.25, -0.2) is 4.98 Å². The van der Waals surface area contributed by atoms with Gasteiger partial charge in [0.15, 0.2) is 5.89 Å². The fourth-order valence-electron chi connectivity index (χ4n) is 1.17. The number of nitrogens with zero attached hydrogens (tertiary/aromatic N) is 1. The van der Waals surface area contributed by atoms with Crippen molar-refractivity contribution in [2.24, 2.45) is 0 Å². The quantitative estimate of drug-likeness (QED) is 0.628. The van der Waals surface area contributed by atoms with Gasteiger partial charge in [0.05, 0.1) is 6.20 Å². The highest BCUT2D eigenvalue weighted by molar-refractivity contribution is 4.92. The summed E-state index contributed by atoms with van der Waals surface area (Å²) in [6.07, 6.45) is 7.51. The second-order valence-corrected chi connectivity index (χ2v) is 3.01. The molecule has 0 aliphatic heterocycles. The van der Waals surface area contributed by atoms with Gasteiger partial charge in [-0.15, -0.1) is 0 Å². The van der Waals surface area contributed by atoms with E-state index in [2.05, 4.69) is 11.9 Å². The molecule has 0 unspecified atom stereocenters. The van der Waals surface area contributed by atoms with Crippen LogP contribution in [-0.2, 0) is 6.42 Å². The molecular formula is C10H16NO. The van der Waals surface area contributed by atoms with Crippen LogP contribution in [0.5, 0.6) is 0 Å². The Labute approximate surface area is 74.0 Å². The van der Waals surface area contributed by atoms with Crippen LogP contribution in [0.2, 0.25) is 0 Å². The van der Waals surface area contributed by atoms with Crippen molar-refractivity contribution in [1.82, 2.24) is 4.98 Å². The van der Waals surface area contributed by atoms with E-state index in [1.165, 1.54) is 19.3 Å². The highest BCUT2D eigenvalue weighted by Crippen LogP contribution is 2.08. The zero-order chi connectivity index (χ0) is 8.81. The molecule has 0 aliphatic carbocycles. The molecule has 0 aromatic carbocycles. The lowest BCUT2D eigenvalue weighted by Crippen LogP contribution is -1.82. The minimum Gasteiger partial charge on any atom is -0.446 e. The molecule has 1 radical (unpaired) electrons. The summed E-state index contributed by atoms with van der Waals surface area (Å²) in [4.78, 5) is 4.04. The van der Waals surface area contributed by atoms with Crippen molar-refractivity contribution in [3.8, 4) is 0 Å². The Morgan fingerprint density at radius 1 is 1.42 bits per heavy atom. The second kappa shape index (κ2) is 4.96. The fraction of sp³-hybridized carbons (Fsp3) is 0.600. The van der Waals surface area contributed by atoms with Crippen LogP contribution in [0.25, 0.3) is 0 Å². The lowest BCUT2D eigenvalue weighted by molar-refractivity contribution is 0.465. The standard InChI is InChI=1S/C10H16NO/c1-3-4-5-6-7-10-8-11-9(2)12-10/h8H,1,3-7H2,2H3. The zero-order valence-electron chi connectivity index (χ0n) is 7.68. The monoisotopic (exact) mass is 166 g/mol. The van der Waals surface area contributed by atoms with Crippen molar-refractivity contribution >= 4 is 0 Å². The predicted octanol–water partition coefficient (Wildman–Crippen LogP) is 2.92. The van der Waals surface area contributed by atoms with Crippen LogP contribution in [0.1, 0.15) is 37.3 Å². The highest BCUT2D eigenvalue weighted by atomic mass is 16.3. The molecule has 0 bridgehead atoms. The molecule has 2 heteroatoms. The topological polar surface area (TPSA) is 26.0 Å². The normalized spacial score (nSPS) is 10.5. The molecule has 12 heavy (non-hydrogen) atoms. The van der Waals surface area contributed by atoms with E-state index in [0.29, 0.717) is 0 Å². The Kier molecular flexibility index (Phi) is 3.85. The third-order valence-electron chi connectivity index (χ3n) is 1.84. The van der Waals surface area contributed by atoms with Crippen LogP contribution in [0.4, 0.5) is 0 Å². The number of rotatable bonds is 5. The van der Waals surface area contributed by atoms with Crippen molar-refractivity contribution < 1.29 is 4.42 Å². The molecule has 0 amide bonds. The predicted molar refractivity (Wildman–Crippen MR) is 48.8 cm³/mol. The molecule has 0 spiro atoms. The Bertz CT molecular complexity index is 217. The summed E-state index contributed by atoms with van der Waals surface area (Å²) >= 11 is 0. The summed E-state index contributed by atoms with van der Waals surface area (Å²) in [5, 5.41) is 0. The maximum atomic E-state index is 5.34. The first-order chi connectivity index (χ1) is 5.83. The molecule has 0 N–H and O–H groups in total. The number of unbranched alkanes of at least 4 members (excludes halogenated alkanes) is 3. The van der Waals surface area contributed by atoms with Gasteiger partial charge in [-0.1, -0.05) is 26.2 Å². The lowest BCUT2D eigenvalue weighted by Gasteiger charge is -1.95. The molecule has 1 rings (SSSR count). The van der Waals surface area contributed by atoms with Gasteiger partial charge in [-0.2, -0.15) is 0 Å². The van der Waals surface area contributed by atoms with Crippen LogP contribution in [0.15, 0.2) is 10.6 Å². The smallest absolute Gasteiger partial charge is 0.191 e. The Hall–Kier alpha value is -0.790. The Morgan fingerprint density at radius 3 is 2.83 bits per heavy atom. The Morgan fingerprint density at radius 2 is 2.25 bits per heavy atom. The average Bonchev–Trinajstić information content (AvgIpc) is 2.45. The third kappa shape index (κ3) is 3.07. The molecular weight excluding hydrogens is 150 g/mol. The first-order valence-corrected chi connectivity index (χ1v) is 4.53. The third-order valence-corrected chi connectivity index (χ3v) is 1.84. The van der Waals surface area contributed by atoms with Crippen LogP contribution >= 0.6 is 0 Å². The molecule has 1 aromatic rings. The van der Waals surface area contributed by atoms with Gasteiger partial charge in [0.1, 0.15) is 5.76 Å². The number of oxazole rings is 1. The summed E-state index contributed by atoms with van der Waals surface area (Å²) in [6.45, 7) is 5.67. The molecule has 0 aliphatic rings. The van der Waals surface area contributed by atoms with Gasteiger partial charge in [-0.3, -0.25) is 0 Å². The largest absolute Gasteiger partial charge is 0.446 e. The fourth-order valence-corrected chi connectivity index (χ4v) is 1.17. The van der Waals surface area contributed by atoms with Crippen molar-refractivity contribution in [1.29, 1.82) is 0 Å². The summed E-state index contributed by atoms with van der Waals surface area (Å²) in [5.74, 6) is 1.78.